The lowest BCUT2D eigenvalue weighted by Crippen LogP contribution is -2.16. The van der Waals surface area contributed by atoms with Gasteiger partial charge < -0.3 is 5.73 Å². The summed E-state index contributed by atoms with van der Waals surface area (Å²) in [4.78, 5) is 4.15. The van der Waals surface area contributed by atoms with Crippen molar-refractivity contribution >= 4 is 16.0 Å². The topological polar surface area (TPSA) is 111 Å². The molecule has 0 spiro atoms. The van der Waals surface area contributed by atoms with Crippen LogP contribution in [0, 0.1) is 13.8 Å². The first-order valence-electron chi connectivity index (χ1n) is 5.92. The molecule has 2 rings (SSSR count). The van der Waals surface area contributed by atoms with E-state index in [4.69, 9.17) is 5.73 Å². The van der Waals surface area contributed by atoms with Crippen molar-refractivity contribution in [3.05, 3.63) is 41.2 Å². The van der Waals surface area contributed by atoms with Crippen molar-refractivity contribution in [1.82, 2.24) is 15.2 Å². The average Bonchev–Trinajstić information content (AvgIpc) is 2.43. The lowest BCUT2D eigenvalue weighted by atomic mass is 10.2. The fourth-order valence-corrected chi connectivity index (χ4v) is 2.53. The van der Waals surface area contributed by atoms with E-state index in [1.165, 1.54) is 12.1 Å². The fraction of sp³-hybridized carbons (Fsp3) is 0.250. The highest BCUT2D eigenvalue weighted by atomic mass is 32.2. The second kappa shape index (κ2) is 5.51. The van der Waals surface area contributed by atoms with Crippen LogP contribution in [0.15, 0.2) is 29.2 Å². The molecule has 0 aliphatic heterocycles. The average molecular weight is 293 g/mol. The smallest absolute Gasteiger partial charge is 0.264 e. The van der Waals surface area contributed by atoms with E-state index in [9.17, 15) is 8.42 Å². The molecule has 1 aromatic heterocycles. The highest BCUT2D eigenvalue weighted by molar-refractivity contribution is 7.92. The third-order valence-corrected chi connectivity index (χ3v) is 4.09. The molecule has 0 saturated heterocycles. The summed E-state index contributed by atoms with van der Waals surface area (Å²) in [7, 11) is -3.75. The van der Waals surface area contributed by atoms with Gasteiger partial charge in [-0.15, -0.1) is 5.10 Å². The molecule has 8 heteroatoms. The molecule has 0 aliphatic carbocycles. The van der Waals surface area contributed by atoms with Crippen molar-refractivity contribution in [3.63, 3.8) is 0 Å². The number of hydrogen-bond acceptors (Lipinski definition) is 6. The van der Waals surface area contributed by atoms with Crippen molar-refractivity contribution < 1.29 is 8.42 Å². The van der Waals surface area contributed by atoms with Crippen LogP contribution >= 0.6 is 0 Å². The summed E-state index contributed by atoms with van der Waals surface area (Å²) in [6.45, 7) is 3.75. The molecule has 106 valence electrons. The Bertz CT molecular complexity index is 730. The third kappa shape index (κ3) is 3.09. The maximum Gasteiger partial charge on any atom is 0.264 e. The number of nitrogens with two attached hydrogens (primary N) is 1. The Kier molecular flexibility index (Phi) is 3.96. The predicted molar refractivity (Wildman–Crippen MR) is 74.4 cm³/mol. The van der Waals surface area contributed by atoms with Crippen LogP contribution in [0.4, 0.5) is 5.95 Å². The van der Waals surface area contributed by atoms with E-state index in [2.05, 4.69) is 19.9 Å². The number of benzene rings is 1. The van der Waals surface area contributed by atoms with Gasteiger partial charge in [0.25, 0.3) is 16.0 Å². The van der Waals surface area contributed by atoms with Crippen LogP contribution in [0.3, 0.4) is 0 Å². The summed E-state index contributed by atoms with van der Waals surface area (Å²) in [5.74, 6) is -0.0498. The van der Waals surface area contributed by atoms with E-state index in [0.717, 1.165) is 5.56 Å². The van der Waals surface area contributed by atoms with Gasteiger partial charge in [-0.25, -0.2) is 18.1 Å². The molecule has 20 heavy (non-hydrogen) atoms. The molecule has 0 amide bonds. The van der Waals surface area contributed by atoms with E-state index < -0.39 is 10.0 Å². The Morgan fingerprint density at radius 2 is 1.95 bits per heavy atom. The van der Waals surface area contributed by atoms with Gasteiger partial charge >= 0.3 is 0 Å². The van der Waals surface area contributed by atoms with Crippen molar-refractivity contribution in [3.8, 4) is 0 Å². The monoisotopic (exact) mass is 293 g/mol. The largest absolute Gasteiger partial charge is 0.326 e. The second-order valence-corrected chi connectivity index (χ2v) is 5.95. The number of hydrogen-bond donors (Lipinski definition) is 2. The van der Waals surface area contributed by atoms with Gasteiger partial charge in [-0.2, -0.15) is 5.10 Å². The van der Waals surface area contributed by atoms with E-state index in [1.807, 2.05) is 0 Å². The lowest BCUT2D eigenvalue weighted by Gasteiger charge is -2.08. The van der Waals surface area contributed by atoms with Crippen molar-refractivity contribution in [2.24, 2.45) is 5.73 Å². The standard InChI is InChI=1S/C12H15N5O2S/c1-8-9(2)15-16-12(14-8)17-20(18,19)11-5-3-4-10(6-11)7-13/h3-6H,7,13H2,1-2H3,(H,14,16,17). The quantitative estimate of drug-likeness (QED) is 0.860. The van der Waals surface area contributed by atoms with E-state index in [-0.39, 0.29) is 17.4 Å². The zero-order valence-electron chi connectivity index (χ0n) is 11.2. The van der Waals surface area contributed by atoms with E-state index in [0.29, 0.717) is 11.4 Å². The Labute approximate surface area is 117 Å². The first-order valence-corrected chi connectivity index (χ1v) is 7.40. The van der Waals surface area contributed by atoms with Gasteiger partial charge in [0.05, 0.1) is 16.3 Å². The number of aromatic nitrogens is 3. The number of nitrogens with one attached hydrogen (secondary N) is 1. The fourth-order valence-electron chi connectivity index (χ4n) is 1.52. The number of nitrogens with zero attached hydrogens (tertiary/aromatic N) is 3. The molecule has 3 N–H and O–H groups in total. The Hall–Kier alpha value is -2.06. The molecule has 0 bridgehead atoms. The maximum atomic E-state index is 12.2. The summed E-state index contributed by atoms with van der Waals surface area (Å²) in [6, 6.07) is 6.39. The number of aryl methyl sites for hydroxylation is 2. The molecule has 0 fully saturated rings. The lowest BCUT2D eigenvalue weighted by molar-refractivity contribution is 0.600. The van der Waals surface area contributed by atoms with Crippen LogP contribution in [0.2, 0.25) is 0 Å². The predicted octanol–water partition coefficient (Wildman–Crippen LogP) is 0.748. The molecular formula is C12H15N5O2S. The second-order valence-electron chi connectivity index (χ2n) is 4.26. The van der Waals surface area contributed by atoms with Gasteiger partial charge in [-0.1, -0.05) is 12.1 Å². The van der Waals surface area contributed by atoms with E-state index in [1.54, 1.807) is 26.0 Å². The summed E-state index contributed by atoms with van der Waals surface area (Å²) < 4.78 is 26.7. The minimum absolute atomic E-state index is 0.0498. The van der Waals surface area contributed by atoms with Crippen LogP contribution in [-0.4, -0.2) is 23.6 Å². The Morgan fingerprint density at radius 1 is 1.20 bits per heavy atom. The highest BCUT2D eigenvalue weighted by Crippen LogP contribution is 2.14. The summed E-state index contributed by atoms with van der Waals surface area (Å²) in [5, 5.41) is 7.55. The molecule has 0 aliphatic rings. The first kappa shape index (κ1) is 14.4. The minimum Gasteiger partial charge on any atom is -0.326 e. The zero-order chi connectivity index (χ0) is 14.8. The van der Waals surface area contributed by atoms with Gasteiger partial charge in [0.15, 0.2) is 0 Å². The number of sulfonamides is 1. The van der Waals surface area contributed by atoms with Gasteiger partial charge in [0, 0.05) is 6.54 Å². The molecule has 0 radical (unpaired) electrons. The molecule has 7 nitrogen and oxygen atoms in total. The summed E-state index contributed by atoms with van der Waals surface area (Å²) in [5.41, 5.74) is 7.50. The van der Waals surface area contributed by atoms with E-state index >= 15 is 0 Å². The zero-order valence-corrected chi connectivity index (χ0v) is 12.0. The van der Waals surface area contributed by atoms with Gasteiger partial charge in [0.1, 0.15) is 0 Å². The van der Waals surface area contributed by atoms with Crippen molar-refractivity contribution in [2.45, 2.75) is 25.3 Å². The summed E-state index contributed by atoms with van der Waals surface area (Å²) >= 11 is 0. The van der Waals surface area contributed by atoms with Crippen LogP contribution < -0.4 is 10.5 Å². The SMILES string of the molecule is Cc1nnc(NS(=O)(=O)c2cccc(CN)c2)nc1C. The summed E-state index contributed by atoms with van der Waals surface area (Å²) in [6.07, 6.45) is 0. The number of rotatable bonds is 4. The van der Waals surface area contributed by atoms with Crippen molar-refractivity contribution in [1.29, 1.82) is 0 Å². The van der Waals surface area contributed by atoms with Crippen molar-refractivity contribution in [2.75, 3.05) is 4.72 Å². The van der Waals surface area contributed by atoms with Crippen LogP contribution in [0.25, 0.3) is 0 Å². The molecule has 0 atom stereocenters. The Morgan fingerprint density at radius 3 is 2.60 bits per heavy atom. The maximum absolute atomic E-state index is 12.2. The molecular weight excluding hydrogens is 278 g/mol. The first-order chi connectivity index (χ1) is 9.42. The molecule has 1 heterocycles. The van der Waals surface area contributed by atoms with Crippen LogP contribution in [-0.2, 0) is 16.6 Å². The molecule has 2 aromatic rings. The third-order valence-electron chi connectivity index (χ3n) is 2.76. The van der Waals surface area contributed by atoms with Crippen LogP contribution in [0.5, 0.6) is 0 Å². The Balaban J connectivity index is 2.32. The van der Waals surface area contributed by atoms with Crippen LogP contribution in [0.1, 0.15) is 17.0 Å². The van der Waals surface area contributed by atoms with Gasteiger partial charge in [0.2, 0.25) is 0 Å². The van der Waals surface area contributed by atoms with Gasteiger partial charge in [-0.3, -0.25) is 0 Å². The molecule has 1 aromatic carbocycles. The highest BCUT2D eigenvalue weighted by Gasteiger charge is 2.16. The molecule has 0 saturated carbocycles. The van der Waals surface area contributed by atoms with Gasteiger partial charge in [-0.05, 0) is 31.5 Å². The minimum atomic E-state index is -3.75. The normalized spacial score (nSPS) is 11.3. The molecule has 0 unspecified atom stereocenters. The number of anilines is 1.